The van der Waals surface area contributed by atoms with Gasteiger partial charge in [0.2, 0.25) is 0 Å². The Hall–Kier alpha value is -7.42. The molecule has 0 N–H and O–H groups in total. The average Bonchev–Trinajstić information content (AvgIpc) is 4.03. The van der Waals surface area contributed by atoms with E-state index < -0.39 is 0 Å². The second-order valence-corrected chi connectivity index (χ2v) is 16.8. The van der Waals surface area contributed by atoms with Gasteiger partial charge in [-0.3, -0.25) is 0 Å². The van der Waals surface area contributed by atoms with Gasteiger partial charge in [0.05, 0.1) is 16.7 Å². The monoisotopic (exact) mass is 780 g/mol. The lowest BCUT2D eigenvalue weighted by Crippen LogP contribution is -2.20. The van der Waals surface area contributed by atoms with Crippen molar-refractivity contribution in [3.05, 3.63) is 230 Å². The van der Waals surface area contributed by atoms with Gasteiger partial charge in [0, 0.05) is 38.8 Å². The van der Waals surface area contributed by atoms with Crippen LogP contribution < -0.4 is 4.90 Å². The van der Waals surface area contributed by atoms with Gasteiger partial charge in [0.1, 0.15) is 0 Å². The predicted molar refractivity (Wildman–Crippen MR) is 256 cm³/mol. The molecule has 0 atom stereocenters. The maximum absolute atomic E-state index is 2.52. The smallest absolute Gasteiger partial charge is 0.0542 e. The number of fused-ring (bicyclic) bond motifs is 8. The quantitative estimate of drug-likeness (QED) is 0.156. The van der Waals surface area contributed by atoms with E-state index in [0.717, 1.165) is 22.7 Å². The van der Waals surface area contributed by atoms with E-state index >= 15 is 0 Å². The predicted octanol–water partition coefficient (Wildman–Crippen LogP) is 16.1. The van der Waals surface area contributed by atoms with E-state index in [9.17, 15) is 0 Å². The fourth-order valence-corrected chi connectivity index (χ4v) is 10.9. The van der Waals surface area contributed by atoms with Crippen LogP contribution in [-0.2, 0) is 5.41 Å². The molecule has 2 nitrogen and oxygen atoms in total. The van der Waals surface area contributed by atoms with E-state index in [2.05, 4.69) is 228 Å². The molecule has 1 saturated carbocycles. The van der Waals surface area contributed by atoms with Crippen molar-refractivity contribution in [1.29, 1.82) is 0 Å². The first-order valence-corrected chi connectivity index (χ1v) is 21.7. The molecule has 290 valence electrons. The Kier molecular flexibility index (Phi) is 8.38. The van der Waals surface area contributed by atoms with Gasteiger partial charge in [-0.25, -0.2) is 0 Å². The minimum absolute atomic E-state index is 0.108. The van der Waals surface area contributed by atoms with Crippen LogP contribution in [0.1, 0.15) is 36.8 Å². The number of benzene rings is 9. The Morgan fingerprint density at radius 1 is 0.361 bits per heavy atom. The molecule has 0 unspecified atom stereocenters. The molecule has 0 saturated heterocycles. The molecule has 9 aromatic carbocycles. The van der Waals surface area contributed by atoms with Crippen LogP contribution >= 0.6 is 0 Å². The molecule has 61 heavy (non-hydrogen) atoms. The Balaban J connectivity index is 1.10. The molecule has 0 aliphatic heterocycles. The first-order valence-electron chi connectivity index (χ1n) is 21.7. The lowest BCUT2D eigenvalue weighted by atomic mass is 9.77. The fraction of sp³-hybridized carbons (Fsp3) is 0.0847. The highest BCUT2D eigenvalue weighted by Crippen LogP contribution is 2.58. The van der Waals surface area contributed by atoms with E-state index in [1.165, 1.54) is 103 Å². The SMILES string of the molecule is c1ccc(-c2ccccc2-c2ccccc2-c2ccccc2N(c2ccc3c(c2)-c2ccccc2C32CCCC2)c2ccc3c(c2)c2ccccc2n3-c2ccccc2)cc1. The van der Waals surface area contributed by atoms with Crippen molar-refractivity contribution in [2.75, 3.05) is 4.90 Å². The van der Waals surface area contributed by atoms with E-state index in [0.29, 0.717) is 0 Å². The summed E-state index contributed by atoms with van der Waals surface area (Å²) in [4.78, 5) is 2.52. The molecule has 0 radical (unpaired) electrons. The van der Waals surface area contributed by atoms with Crippen molar-refractivity contribution in [1.82, 2.24) is 4.57 Å². The van der Waals surface area contributed by atoms with Gasteiger partial charge in [-0.2, -0.15) is 0 Å². The molecule has 2 heteroatoms. The van der Waals surface area contributed by atoms with Crippen molar-refractivity contribution in [2.24, 2.45) is 0 Å². The molecule has 0 bridgehead atoms. The number of nitrogens with zero attached hydrogens (tertiary/aromatic N) is 2. The molecule has 10 aromatic rings. The number of hydrogen-bond acceptors (Lipinski definition) is 1. The van der Waals surface area contributed by atoms with Crippen LogP contribution in [0.15, 0.2) is 218 Å². The molecular weight excluding hydrogens is 737 g/mol. The van der Waals surface area contributed by atoms with Gasteiger partial charge in [-0.1, -0.05) is 177 Å². The normalized spacial score (nSPS) is 13.8. The van der Waals surface area contributed by atoms with Crippen LogP contribution in [0.5, 0.6) is 0 Å². The summed E-state index contributed by atoms with van der Waals surface area (Å²) in [7, 11) is 0. The largest absolute Gasteiger partial charge is 0.310 e. The Labute approximate surface area is 357 Å². The van der Waals surface area contributed by atoms with E-state index in [1.54, 1.807) is 0 Å². The Bertz CT molecular complexity index is 3260. The summed E-state index contributed by atoms with van der Waals surface area (Å²) in [6, 6.07) is 80.8. The van der Waals surface area contributed by atoms with Gasteiger partial charge in [0.15, 0.2) is 0 Å². The van der Waals surface area contributed by atoms with Crippen LogP contribution in [0.4, 0.5) is 17.1 Å². The topological polar surface area (TPSA) is 8.17 Å². The second kappa shape index (κ2) is 14.4. The molecule has 1 aromatic heterocycles. The summed E-state index contributed by atoms with van der Waals surface area (Å²) < 4.78 is 2.40. The van der Waals surface area contributed by atoms with Gasteiger partial charge in [0.25, 0.3) is 0 Å². The molecule has 1 spiro atoms. The average molecular weight is 781 g/mol. The van der Waals surface area contributed by atoms with Gasteiger partial charge in [-0.05, 0) is 118 Å². The van der Waals surface area contributed by atoms with Crippen molar-refractivity contribution in [2.45, 2.75) is 31.1 Å². The number of para-hydroxylation sites is 3. The maximum Gasteiger partial charge on any atom is 0.0542 e. The molecular formula is C59H44N2. The van der Waals surface area contributed by atoms with Crippen LogP contribution in [0.2, 0.25) is 0 Å². The highest BCUT2D eigenvalue weighted by atomic mass is 15.1. The minimum Gasteiger partial charge on any atom is -0.310 e. The summed E-state index contributed by atoms with van der Waals surface area (Å²) in [5, 5.41) is 2.47. The first-order chi connectivity index (χ1) is 30.3. The first kappa shape index (κ1) is 35.5. The molecule has 1 fully saturated rings. The van der Waals surface area contributed by atoms with Crippen molar-refractivity contribution < 1.29 is 0 Å². The molecule has 2 aliphatic rings. The Morgan fingerprint density at radius 2 is 0.885 bits per heavy atom. The maximum atomic E-state index is 2.52. The zero-order valence-corrected chi connectivity index (χ0v) is 34.0. The van der Waals surface area contributed by atoms with Crippen LogP contribution in [0.25, 0.3) is 72.0 Å². The number of aromatic nitrogens is 1. The Morgan fingerprint density at radius 3 is 1.66 bits per heavy atom. The summed E-state index contributed by atoms with van der Waals surface area (Å²) in [6.07, 6.45) is 4.98. The van der Waals surface area contributed by atoms with Crippen LogP contribution in [-0.4, -0.2) is 4.57 Å². The van der Waals surface area contributed by atoms with Crippen LogP contribution in [0.3, 0.4) is 0 Å². The second-order valence-electron chi connectivity index (χ2n) is 16.8. The standard InChI is InChI=1S/C59H44N2/c1-3-19-41(20-4-1)45-23-7-8-24-46(45)47-25-9-10-26-48(47)50-28-12-15-31-56(50)60(43-33-35-55-52(39-43)49-27-11-14-30-54(49)59(55)37-17-18-38-59)44-34-36-58-53(40-44)51-29-13-16-32-57(51)61(58)42-21-5-2-6-22-42/h1-16,19-36,39-40H,17-18,37-38H2. The lowest BCUT2D eigenvalue weighted by Gasteiger charge is -2.30. The minimum atomic E-state index is 0.108. The summed E-state index contributed by atoms with van der Waals surface area (Å²) in [5.74, 6) is 0. The summed E-state index contributed by atoms with van der Waals surface area (Å²) in [5.41, 5.74) is 20.1. The van der Waals surface area contributed by atoms with E-state index in [1.807, 2.05) is 0 Å². The lowest BCUT2D eigenvalue weighted by molar-refractivity contribution is 0.550. The molecule has 2 aliphatic carbocycles. The fourth-order valence-electron chi connectivity index (χ4n) is 10.9. The third-order valence-electron chi connectivity index (χ3n) is 13.6. The van der Waals surface area contributed by atoms with Gasteiger partial charge >= 0.3 is 0 Å². The molecule has 0 amide bonds. The third kappa shape index (κ3) is 5.63. The summed E-state index contributed by atoms with van der Waals surface area (Å²) >= 11 is 0. The number of anilines is 3. The number of hydrogen-bond donors (Lipinski definition) is 0. The zero-order chi connectivity index (χ0) is 40.3. The van der Waals surface area contributed by atoms with Gasteiger partial charge < -0.3 is 9.47 Å². The van der Waals surface area contributed by atoms with Crippen LogP contribution in [0, 0.1) is 0 Å². The molecule has 12 rings (SSSR count). The molecule has 1 heterocycles. The van der Waals surface area contributed by atoms with Gasteiger partial charge in [-0.15, -0.1) is 0 Å². The highest BCUT2D eigenvalue weighted by Gasteiger charge is 2.45. The summed E-state index contributed by atoms with van der Waals surface area (Å²) in [6.45, 7) is 0. The van der Waals surface area contributed by atoms with Crippen molar-refractivity contribution >= 4 is 38.9 Å². The zero-order valence-electron chi connectivity index (χ0n) is 34.0. The van der Waals surface area contributed by atoms with Crippen molar-refractivity contribution in [3.63, 3.8) is 0 Å². The highest BCUT2D eigenvalue weighted by molar-refractivity contribution is 6.11. The number of rotatable bonds is 7. The van der Waals surface area contributed by atoms with E-state index in [4.69, 9.17) is 0 Å². The third-order valence-corrected chi connectivity index (χ3v) is 13.6. The van der Waals surface area contributed by atoms with E-state index in [-0.39, 0.29) is 5.41 Å². The van der Waals surface area contributed by atoms with Crippen molar-refractivity contribution in [3.8, 4) is 50.2 Å².